The maximum absolute atomic E-state index is 13.5. The summed E-state index contributed by atoms with van der Waals surface area (Å²) < 4.78 is 55.2. The molecule has 1 unspecified atom stereocenters. The summed E-state index contributed by atoms with van der Waals surface area (Å²) in [7, 11) is 0. The van der Waals surface area contributed by atoms with Crippen LogP contribution in [0.5, 0.6) is 0 Å². The molecular weight excluding hydrogens is 266 g/mol. The highest BCUT2D eigenvalue weighted by Gasteiger charge is 2.38. The highest BCUT2D eigenvalue weighted by Crippen LogP contribution is 2.25. The zero-order valence-corrected chi connectivity index (χ0v) is 9.95. The molecule has 0 bridgehead atoms. The van der Waals surface area contributed by atoms with Crippen LogP contribution in [0, 0.1) is 0 Å². The summed E-state index contributed by atoms with van der Waals surface area (Å²) in [4.78, 5) is 0. The molecule has 0 saturated carbocycles. The van der Waals surface area contributed by atoms with Gasteiger partial charge in [-0.1, -0.05) is 23.4 Å². The van der Waals surface area contributed by atoms with Gasteiger partial charge < -0.3 is 9.94 Å². The second-order valence-electron chi connectivity index (χ2n) is 3.82. The van der Waals surface area contributed by atoms with E-state index in [2.05, 4.69) is 16.5 Å². The van der Waals surface area contributed by atoms with E-state index in [4.69, 9.17) is 5.21 Å². The summed E-state index contributed by atoms with van der Waals surface area (Å²) in [5, 5.41) is 11.5. The fourth-order valence-corrected chi connectivity index (χ4v) is 1.51. The Morgan fingerprint density at radius 2 is 2.26 bits per heavy atom. The van der Waals surface area contributed by atoms with Crippen molar-refractivity contribution in [1.29, 1.82) is 0 Å². The van der Waals surface area contributed by atoms with Crippen LogP contribution in [0.2, 0.25) is 0 Å². The molecule has 0 heterocycles. The normalized spacial score (nSPS) is 18.6. The van der Waals surface area contributed by atoms with Gasteiger partial charge in [0.05, 0.1) is 6.61 Å². The van der Waals surface area contributed by atoms with Crippen LogP contribution in [0.4, 0.5) is 17.6 Å². The molecule has 0 saturated heterocycles. The van der Waals surface area contributed by atoms with Gasteiger partial charge in [0.1, 0.15) is 11.5 Å². The van der Waals surface area contributed by atoms with Crippen molar-refractivity contribution in [2.24, 2.45) is 5.16 Å². The van der Waals surface area contributed by atoms with Crippen molar-refractivity contribution in [3.63, 3.8) is 0 Å². The van der Waals surface area contributed by atoms with Gasteiger partial charge >= 0.3 is 6.18 Å². The number of ether oxygens (including phenoxy) is 1. The molecule has 1 atom stereocenters. The predicted molar refractivity (Wildman–Crippen MR) is 61.7 cm³/mol. The molecule has 19 heavy (non-hydrogen) atoms. The first kappa shape index (κ1) is 15.4. The average molecular weight is 279 g/mol. The van der Waals surface area contributed by atoms with E-state index in [1.54, 1.807) is 6.08 Å². The van der Waals surface area contributed by atoms with Crippen LogP contribution in [0.25, 0.3) is 0 Å². The number of nitrogens with zero attached hydrogens (tertiary/aromatic N) is 1. The molecule has 7 heteroatoms. The van der Waals surface area contributed by atoms with E-state index < -0.39 is 24.7 Å². The monoisotopic (exact) mass is 279 g/mol. The third-order valence-electron chi connectivity index (χ3n) is 2.48. The second kappa shape index (κ2) is 6.51. The van der Waals surface area contributed by atoms with E-state index in [1.807, 2.05) is 0 Å². The number of hydrogen-bond donors (Lipinski definition) is 1. The Balaban J connectivity index is 2.74. The van der Waals surface area contributed by atoms with E-state index in [0.717, 1.165) is 0 Å². The van der Waals surface area contributed by atoms with E-state index in [9.17, 15) is 17.6 Å². The van der Waals surface area contributed by atoms with Crippen molar-refractivity contribution in [1.82, 2.24) is 0 Å². The van der Waals surface area contributed by atoms with Gasteiger partial charge in [-0.15, -0.1) is 6.58 Å². The van der Waals surface area contributed by atoms with Crippen LogP contribution in [0.15, 0.2) is 41.4 Å². The van der Waals surface area contributed by atoms with Gasteiger partial charge in [-0.25, -0.2) is 4.39 Å². The predicted octanol–water partition coefficient (Wildman–Crippen LogP) is 3.52. The highest BCUT2D eigenvalue weighted by molar-refractivity contribution is 6.03. The summed E-state index contributed by atoms with van der Waals surface area (Å²) in [6.07, 6.45) is -2.62. The van der Waals surface area contributed by atoms with Gasteiger partial charge in [-0.05, 0) is 6.42 Å². The number of rotatable bonds is 5. The topological polar surface area (TPSA) is 41.8 Å². The maximum atomic E-state index is 13.5. The van der Waals surface area contributed by atoms with E-state index in [0.29, 0.717) is 12.5 Å². The first-order chi connectivity index (χ1) is 8.90. The second-order valence-corrected chi connectivity index (χ2v) is 3.82. The molecule has 0 spiro atoms. The smallest absolute Gasteiger partial charge is 0.411 e. The summed E-state index contributed by atoms with van der Waals surface area (Å²) in [5.74, 6) is -0.541. The summed E-state index contributed by atoms with van der Waals surface area (Å²) in [6, 6.07) is 0. The summed E-state index contributed by atoms with van der Waals surface area (Å²) in [5.41, 5.74) is -0.330. The molecule has 0 radical (unpaired) electrons. The number of hydrogen-bond acceptors (Lipinski definition) is 3. The SMILES string of the molecule is C=CC(OC/C(=N\O)C1=C(F)CCC=C1)C(F)(F)F. The molecule has 1 aliphatic carbocycles. The Morgan fingerprint density at radius 3 is 2.74 bits per heavy atom. The molecule has 3 nitrogen and oxygen atoms in total. The summed E-state index contributed by atoms with van der Waals surface area (Å²) in [6.45, 7) is 2.34. The lowest BCUT2D eigenvalue weighted by Crippen LogP contribution is -2.31. The van der Waals surface area contributed by atoms with Gasteiger partial charge in [-0.2, -0.15) is 13.2 Å². The number of allylic oxidation sites excluding steroid dienone is 3. The van der Waals surface area contributed by atoms with Crippen molar-refractivity contribution in [3.05, 3.63) is 36.2 Å². The molecule has 1 N–H and O–H groups in total. The molecule has 0 aromatic heterocycles. The standard InChI is InChI=1S/C12H13F4NO2/c1-2-11(12(14,15)16)19-7-10(17-18)8-5-3-4-6-9(8)13/h2-3,5,11,18H,1,4,6-7H2/b17-10+. The van der Waals surface area contributed by atoms with Crippen LogP contribution >= 0.6 is 0 Å². The Bertz CT molecular complexity index is 424. The molecule has 0 aromatic rings. The summed E-state index contributed by atoms with van der Waals surface area (Å²) >= 11 is 0. The molecule has 0 fully saturated rings. The molecule has 106 valence electrons. The van der Waals surface area contributed by atoms with Gasteiger partial charge in [0, 0.05) is 12.0 Å². The number of halogens is 4. The van der Waals surface area contributed by atoms with Crippen molar-refractivity contribution in [2.75, 3.05) is 6.61 Å². The zero-order chi connectivity index (χ0) is 14.5. The van der Waals surface area contributed by atoms with E-state index in [-0.39, 0.29) is 17.7 Å². The lowest BCUT2D eigenvalue weighted by molar-refractivity contribution is -0.199. The van der Waals surface area contributed by atoms with Crippen molar-refractivity contribution in [2.45, 2.75) is 25.1 Å². The Kier molecular flexibility index (Phi) is 5.29. The Hall–Kier alpha value is -1.63. The van der Waals surface area contributed by atoms with E-state index >= 15 is 0 Å². The largest absolute Gasteiger partial charge is 0.418 e. The van der Waals surface area contributed by atoms with Crippen LogP contribution in [0.1, 0.15) is 12.8 Å². The first-order valence-electron chi connectivity index (χ1n) is 5.47. The van der Waals surface area contributed by atoms with Crippen LogP contribution in [-0.4, -0.2) is 29.8 Å². The first-order valence-corrected chi connectivity index (χ1v) is 5.47. The fourth-order valence-electron chi connectivity index (χ4n) is 1.51. The molecule has 0 aliphatic heterocycles. The van der Waals surface area contributed by atoms with Gasteiger partial charge in [0.2, 0.25) is 0 Å². The zero-order valence-electron chi connectivity index (χ0n) is 9.95. The average Bonchev–Trinajstić information content (AvgIpc) is 2.34. The molecule has 0 aromatic carbocycles. The number of alkyl halides is 3. The van der Waals surface area contributed by atoms with Gasteiger partial charge in [-0.3, -0.25) is 0 Å². The van der Waals surface area contributed by atoms with Crippen LogP contribution in [-0.2, 0) is 4.74 Å². The molecule has 0 amide bonds. The number of oxime groups is 1. The maximum Gasteiger partial charge on any atom is 0.418 e. The lowest BCUT2D eigenvalue weighted by atomic mass is 10.0. The molecule has 1 aliphatic rings. The Morgan fingerprint density at radius 1 is 1.58 bits per heavy atom. The van der Waals surface area contributed by atoms with E-state index in [1.165, 1.54) is 6.08 Å². The quantitative estimate of drug-likeness (QED) is 0.275. The molecular formula is C12H13F4NO2. The molecule has 1 rings (SSSR count). The minimum atomic E-state index is -4.61. The lowest BCUT2D eigenvalue weighted by Gasteiger charge is -2.18. The van der Waals surface area contributed by atoms with Crippen LogP contribution < -0.4 is 0 Å². The van der Waals surface area contributed by atoms with Crippen LogP contribution in [0.3, 0.4) is 0 Å². The minimum Gasteiger partial charge on any atom is -0.411 e. The fraction of sp³-hybridized carbons (Fsp3) is 0.417. The minimum absolute atomic E-state index is 0.0428. The van der Waals surface area contributed by atoms with Crippen molar-refractivity contribution < 1.29 is 27.5 Å². The van der Waals surface area contributed by atoms with Gasteiger partial charge in [0.25, 0.3) is 0 Å². The third-order valence-corrected chi connectivity index (χ3v) is 2.48. The van der Waals surface area contributed by atoms with Gasteiger partial charge in [0.15, 0.2) is 6.10 Å². The van der Waals surface area contributed by atoms with Crippen molar-refractivity contribution >= 4 is 5.71 Å². The van der Waals surface area contributed by atoms with Crippen molar-refractivity contribution in [3.8, 4) is 0 Å². The third kappa shape index (κ3) is 4.20. The Labute approximate surface area is 107 Å². The highest BCUT2D eigenvalue weighted by atomic mass is 19.4.